The molecule has 0 aromatic heterocycles. The Kier molecular flexibility index (Phi) is 9.61. The Labute approximate surface area is 123 Å². The first-order valence-electron chi connectivity index (χ1n) is 7.31. The number of rotatable bonds is 9. The molecule has 20 heavy (non-hydrogen) atoms. The lowest BCUT2D eigenvalue weighted by Gasteiger charge is -2.01. The largest absolute Gasteiger partial charge is 0.291 e. The lowest BCUT2D eigenvalue weighted by molar-refractivity contribution is -0.134. The van der Waals surface area contributed by atoms with Gasteiger partial charge in [0.2, 0.25) is 5.78 Å². The van der Waals surface area contributed by atoms with Crippen molar-refractivity contribution in [3.8, 4) is 0 Å². The predicted octanol–water partition coefficient (Wildman–Crippen LogP) is 4.95. The Balaban J connectivity index is 4.03. The average molecular weight is 276 g/mol. The molecule has 112 valence electrons. The van der Waals surface area contributed by atoms with Crippen molar-refractivity contribution < 1.29 is 9.59 Å². The van der Waals surface area contributed by atoms with Gasteiger partial charge in [0.05, 0.1) is 0 Å². The Hall–Kier alpha value is -1.44. The fourth-order valence-electron chi connectivity index (χ4n) is 1.75. The highest BCUT2D eigenvalue weighted by Crippen LogP contribution is 2.11. The van der Waals surface area contributed by atoms with E-state index in [0.29, 0.717) is 0 Å². The standard InChI is InChI=1S/C18H28O2/c1-14(2)8-6-9-15(3)10-7-11-16(4)12-13-18(20)17(5)19/h8,10,12H,6-7,9,11,13H2,1-5H3. The first-order chi connectivity index (χ1) is 9.32. The zero-order valence-corrected chi connectivity index (χ0v) is 13.6. The normalized spacial score (nSPS) is 12.2. The fourth-order valence-corrected chi connectivity index (χ4v) is 1.75. The molecule has 0 heterocycles. The van der Waals surface area contributed by atoms with Crippen LogP contribution in [0.15, 0.2) is 34.9 Å². The lowest BCUT2D eigenvalue weighted by Crippen LogP contribution is -2.07. The smallest absolute Gasteiger partial charge is 0.201 e. The van der Waals surface area contributed by atoms with Crippen molar-refractivity contribution in [2.45, 2.75) is 66.7 Å². The summed E-state index contributed by atoms with van der Waals surface area (Å²) in [5.41, 5.74) is 3.95. The highest BCUT2D eigenvalue weighted by molar-refractivity contribution is 6.36. The molecule has 0 saturated heterocycles. The van der Waals surface area contributed by atoms with Crippen LogP contribution in [0.3, 0.4) is 0 Å². The molecule has 0 amide bonds. The zero-order valence-electron chi connectivity index (χ0n) is 13.6. The number of ketones is 2. The SMILES string of the molecule is CC(=O)C(=O)CC=C(C)CCC=C(C)CCC=C(C)C. The molecule has 0 bridgehead atoms. The van der Waals surface area contributed by atoms with Crippen LogP contribution in [-0.4, -0.2) is 11.6 Å². The Morgan fingerprint density at radius 1 is 0.750 bits per heavy atom. The molecule has 0 aliphatic carbocycles. The summed E-state index contributed by atoms with van der Waals surface area (Å²) >= 11 is 0. The van der Waals surface area contributed by atoms with Crippen LogP contribution >= 0.6 is 0 Å². The van der Waals surface area contributed by atoms with E-state index in [1.165, 1.54) is 23.6 Å². The summed E-state index contributed by atoms with van der Waals surface area (Å²) in [6.07, 6.45) is 10.8. The van der Waals surface area contributed by atoms with Crippen molar-refractivity contribution in [3.05, 3.63) is 34.9 Å². The second-order valence-electron chi connectivity index (χ2n) is 5.64. The highest BCUT2D eigenvalue weighted by atomic mass is 16.2. The van der Waals surface area contributed by atoms with Gasteiger partial charge in [0.25, 0.3) is 0 Å². The van der Waals surface area contributed by atoms with E-state index in [-0.39, 0.29) is 18.0 Å². The summed E-state index contributed by atoms with van der Waals surface area (Å²) < 4.78 is 0. The molecule has 0 spiro atoms. The summed E-state index contributed by atoms with van der Waals surface area (Å²) in [6, 6.07) is 0. The van der Waals surface area contributed by atoms with Gasteiger partial charge in [0.15, 0.2) is 5.78 Å². The van der Waals surface area contributed by atoms with E-state index in [2.05, 4.69) is 32.9 Å². The third-order valence-electron chi connectivity index (χ3n) is 3.15. The van der Waals surface area contributed by atoms with E-state index in [1.807, 2.05) is 13.0 Å². The lowest BCUT2D eigenvalue weighted by atomic mass is 10.1. The topological polar surface area (TPSA) is 34.1 Å². The van der Waals surface area contributed by atoms with Crippen LogP contribution in [0.1, 0.15) is 66.7 Å². The van der Waals surface area contributed by atoms with Gasteiger partial charge in [-0.3, -0.25) is 9.59 Å². The quantitative estimate of drug-likeness (QED) is 0.441. The maximum Gasteiger partial charge on any atom is 0.201 e. The minimum absolute atomic E-state index is 0.241. The average Bonchev–Trinajstić information content (AvgIpc) is 2.35. The minimum Gasteiger partial charge on any atom is -0.291 e. The monoisotopic (exact) mass is 276 g/mol. The maximum atomic E-state index is 11.2. The van der Waals surface area contributed by atoms with Crippen molar-refractivity contribution in [1.82, 2.24) is 0 Å². The van der Waals surface area contributed by atoms with E-state index in [4.69, 9.17) is 0 Å². The molecular formula is C18H28O2. The van der Waals surface area contributed by atoms with Crippen LogP contribution in [0.25, 0.3) is 0 Å². The van der Waals surface area contributed by atoms with E-state index in [0.717, 1.165) is 25.7 Å². The number of hydrogen-bond acceptors (Lipinski definition) is 2. The van der Waals surface area contributed by atoms with Gasteiger partial charge in [-0.1, -0.05) is 34.9 Å². The molecule has 0 N–H and O–H groups in total. The van der Waals surface area contributed by atoms with Crippen molar-refractivity contribution in [1.29, 1.82) is 0 Å². The summed E-state index contributed by atoms with van der Waals surface area (Å²) in [5.74, 6) is -0.665. The van der Waals surface area contributed by atoms with Crippen LogP contribution in [0, 0.1) is 0 Å². The molecule has 0 aromatic carbocycles. The van der Waals surface area contributed by atoms with Gasteiger partial charge in [0.1, 0.15) is 0 Å². The molecule has 2 nitrogen and oxygen atoms in total. The van der Waals surface area contributed by atoms with Crippen LogP contribution in [-0.2, 0) is 9.59 Å². The van der Waals surface area contributed by atoms with E-state index >= 15 is 0 Å². The number of carbonyl (C=O) groups is 2. The van der Waals surface area contributed by atoms with Gasteiger partial charge in [-0.2, -0.15) is 0 Å². The van der Waals surface area contributed by atoms with Gasteiger partial charge in [0, 0.05) is 13.3 Å². The van der Waals surface area contributed by atoms with Crippen molar-refractivity contribution >= 4 is 11.6 Å². The van der Waals surface area contributed by atoms with Crippen molar-refractivity contribution in [2.75, 3.05) is 0 Å². The van der Waals surface area contributed by atoms with Crippen LogP contribution < -0.4 is 0 Å². The summed E-state index contributed by atoms with van der Waals surface area (Å²) in [7, 11) is 0. The molecule has 0 saturated carbocycles. The van der Waals surface area contributed by atoms with E-state index < -0.39 is 0 Å². The molecule has 0 aromatic rings. The zero-order chi connectivity index (χ0) is 15.5. The molecule has 0 radical (unpaired) electrons. The Bertz CT molecular complexity index is 419. The third kappa shape index (κ3) is 10.5. The Morgan fingerprint density at radius 3 is 1.75 bits per heavy atom. The van der Waals surface area contributed by atoms with Crippen molar-refractivity contribution in [3.63, 3.8) is 0 Å². The second-order valence-corrected chi connectivity index (χ2v) is 5.64. The summed E-state index contributed by atoms with van der Waals surface area (Å²) in [4.78, 5) is 22.0. The molecule has 2 heteroatoms. The third-order valence-corrected chi connectivity index (χ3v) is 3.15. The number of allylic oxidation sites excluding steroid dienone is 6. The Morgan fingerprint density at radius 2 is 1.25 bits per heavy atom. The molecule has 0 aliphatic heterocycles. The number of Topliss-reactive ketones (excluding diaryl/α,β-unsaturated/α-hetero) is 2. The van der Waals surface area contributed by atoms with Crippen LogP contribution in [0.2, 0.25) is 0 Å². The first-order valence-corrected chi connectivity index (χ1v) is 7.31. The molecule has 0 rings (SSSR count). The van der Waals surface area contributed by atoms with E-state index in [1.54, 1.807) is 0 Å². The molecule has 0 unspecified atom stereocenters. The molecule has 0 atom stereocenters. The summed E-state index contributed by atoms with van der Waals surface area (Å²) in [6.45, 7) is 9.74. The van der Waals surface area contributed by atoms with Gasteiger partial charge in [-0.25, -0.2) is 0 Å². The van der Waals surface area contributed by atoms with Gasteiger partial charge in [-0.05, 0) is 53.4 Å². The van der Waals surface area contributed by atoms with Gasteiger partial charge < -0.3 is 0 Å². The highest BCUT2D eigenvalue weighted by Gasteiger charge is 2.04. The van der Waals surface area contributed by atoms with Gasteiger partial charge in [-0.15, -0.1) is 0 Å². The second kappa shape index (κ2) is 10.4. The van der Waals surface area contributed by atoms with Crippen LogP contribution in [0.5, 0.6) is 0 Å². The predicted molar refractivity (Wildman–Crippen MR) is 85.7 cm³/mol. The minimum atomic E-state index is -0.357. The number of carbonyl (C=O) groups excluding carboxylic acids is 2. The van der Waals surface area contributed by atoms with E-state index in [9.17, 15) is 9.59 Å². The van der Waals surface area contributed by atoms with Crippen LogP contribution in [0.4, 0.5) is 0 Å². The summed E-state index contributed by atoms with van der Waals surface area (Å²) in [5, 5.41) is 0. The van der Waals surface area contributed by atoms with Crippen molar-refractivity contribution in [2.24, 2.45) is 0 Å². The molecular weight excluding hydrogens is 248 g/mol. The molecule has 0 aliphatic rings. The number of hydrogen-bond donors (Lipinski definition) is 0. The first kappa shape index (κ1) is 18.6. The maximum absolute atomic E-state index is 11.2. The van der Waals surface area contributed by atoms with Gasteiger partial charge >= 0.3 is 0 Å². The molecule has 0 fully saturated rings. The fraction of sp³-hybridized carbons (Fsp3) is 0.556.